The van der Waals surface area contributed by atoms with Crippen LogP contribution in [-0.4, -0.2) is 29.2 Å². The fourth-order valence-electron chi connectivity index (χ4n) is 2.64. The lowest BCUT2D eigenvalue weighted by molar-refractivity contribution is -0.115. The maximum Gasteiger partial charge on any atom is 0.230 e. The van der Waals surface area contributed by atoms with E-state index in [0.717, 1.165) is 24.1 Å². The second kappa shape index (κ2) is 11.2. The van der Waals surface area contributed by atoms with E-state index in [1.807, 2.05) is 54.6 Å². The first-order chi connectivity index (χ1) is 13.4. The lowest BCUT2D eigenvalue weighted by Gasteiger charge is -2.12. The molecule has 0 spiro atoms. The van der Waals surface area contributed by atoms with Crippen molar-refractivity contribution in [2.45, 2.75) is 18.9 Å². The summed E-state index contributed by atoms with van der Waals surface area (Å²) in [6.07, 6.45) is 0.397. The van der Waals surface area contributed by atoms with Gasteiger partial charge >= 0.3 is 0 Å². The van der Waals surface area contributed by atoms with Crippen LogP contribution in [0.5, 0.6) is 0 Å². The minimum Gasteiger partial charge on any atom is -0.387 e. The number of benzene rings is 2. The highest BCUT2D eigenvalue weighted by atomic mass is 32.1. The fourth-order valence-corrected chi connectivity index (χ4v) is 2.78. The second-order valence-electron chi connectivity index (χ2n) is 6.40. The molecule has 2 aromatic rings. The van der Waals surface area contributed by atoms with Gasteiger partial charge in [-0.2, -0.15) is 0 Å². The maximum absolute atomic E-state index is 12.0. The lowest BCUT2D eigenvalue weighted by atomic mass is 10.1. The van der Waals surface area contributed by atoms with Crippen LogP contribution >= 0.6 is 12.2 Å². The molecule has 0 aromatic heterocycles. The second-order valence-corrected chi connectivity index (χ2v) is 6.84. The standard InChI is InChI=1S/C21H26N4O2S/c1-15(24-21(22)28)13-20(27)25-18-9-7-16(8-10-18)11-12-23-14-19(26)17-5-3-2-4-6-17/h2-10,19,23,26H,1,11-14H2,(H,25,27)(H3,22,24,28). The lowest BCUT2D eigenvalue weighted by Crippen LogP contribution is -2.29. The van der Waals surface area contributed by atoms with Crippen LogP contribution in [0.2, 0.25) is 0 Å². The van der Waals surface area contributed by atoms with Gasteiger partial charge in [0, 0.05) is 17.9 Å². The first-order valence-corrected chi connectivity index (χ1v) is 9.41. The Morgan fingerprint density at radius 1 is 1.14 bits per heavy atom. The van der Waals surface area contributed by atoms with Gasteiger partial charge in [0.2, 0.25) is 5.91 Å². The van der Waals surface area contributed by atoms with Crippen LogP contribution in [0.1, 0.15) is 23.7 Å². The number of aliphatic hydroxyl groups excluding tert-OH is 1. The molecule has 2 rings (SSSR count). The molecule has 0 bridgehead atoms. The van der Waals surface area contributed by atoms with Crippen LogP contribution in [-0.2, 0) is 11.2 Å². The Morgan fingerprint density at radius 3 is 2.46 bits per heavy atom. The van der Waals surface area contributed by atoms with Crippen molar-refractivity contribution in [1.29, 1.82) is 0 Å². The summed E-state index contributed by atoms with van der Waals surface area (Å²) in [6.45, 7) is 4.95. The van der Waals surface area contributed by atoms with Gasteiger partial charge in [0.25, 0.3) is 0 Å². The summed E-state index contributed by atoms with van der Waals surface area (Å²) in [4.78, 5) is 12.0. The Balaban J connectivity index is 1.70. The zero-order valence-corrected chi connectivity index (χ0v) is 16.5. The van der Waals surface area contributed by atoms with E-state index < -0.39 is 6.10 Å². The van der Waals surface area contributed by atoms with Crippen molar-refractivity contribution in [2.75, 3.05) is 18.4 Å². The zero-order chi connectivity index (χ0) is 20.4. The monoisotopic (exact) mass is 398 g/mol. The van der Waals surface area contributed by atoms with Crippen molar-refractivity contribution >= 4 is 28.9 Å². The van der Waals surface area contributed by atoms with E-state index in [9.17, 15) is 9.90 Å². The first-order valence-electron chi connectivity index (χ1n) is 9.01. The molecule has 0 heterocycles. The Bertz CT molecular complexity index is 794. The minimum absolute atomic E-state index is 0.0899. The van der Waals surface area contributed by atoms with Gasteiger partial charge in [-0.15, -0.1) is 0 Å². The molecule has 1 amide bonds. The molecule has 6 nitrogen and oxygen atoms in total. The molecule has 28 heavy (non-hydrogen) atoms. The average molecular weight is 399 g/mol. The van der Waals surface area contributed by atoms with Crippen LogP contribution < -0.4 is 21.7 Å². The van der Waals surface area contributed by atoms with Gasteiger partial charge in [0.15, 0.2) is 5.11 Å². The van der Waals surface area contributed by atoms with E-state index >= 15 is 0 Å². The number of carbonyl (C=O) groups is 1. The molecular weight excluding hydrogens is 372 g/mol. The molecule has 0 fully saturated rings. The van der Waals surface area contributed by atoms with E-state index in [1.165, 1.54) is 0 Å². The van der Waals surface area contributed by atoms with Gasteiger partial charge in [-0.3, -0.25) is 4.79 Å². The van der Waals surface area contributed by atoms with E-state index in [2.05, 4.69) is 22.5 Å². The first kappa shape index (κ1) is 21.6. The van der Waals surface area contributed by atoms with Crippen LogP contribution in [0.25, 0.3) is 0 Å². The number of nitrogens with two attached hydrogens (primary N) is 1. The highest BCUT2D eigenvalue weighted by Gasteiger charge is 2.07. The molecule has 7 heteroatoms. The number of carbonyl (C=O) groups excluding carboxylic acids is 1. The predicted molar refractivity (Wildman–Crippen MR) is 117 cm³/mol. The quantitative estimate of drug-likeness (QED) is 0.311. The molecule has 1 atom stereocenters. The number of hydrogen-bond acceptors (Lipinski definition) is 4. The van der Waals surface area contributed by atoms with Gasteiger partial charge in [0.1, 0.15) is 0 Å². The fraction of sp³-hybridized carbons (Fsp3) is 0.238. The molecule has 1 unspecified atom stereocenters. The number of anilines is 1. The molecule has 0 aliphatic heterocycles. The van der Waals surface area contributed by atoms with E-state index in [-0.39, 0.29) is 17.4 Å². The summed E-state index contributed by atoms with van der Waals surface area (Å²) in [5, 5.41) is 18.9. The largest absolute Gasteiger partial charge is 0.387 e. The maximum atomic E-state index is 12.0. The van der Waals surface area contributed by atoms with E-state index in [4.69, 9.17) is 18.0 Å². The van der Waals surface area contributed by atoms with Crippen LogP contribution in [0, 0.1) is 0 Å². The highest BCUT2D eigenvalue weighted by molar-refractivity contribution is 7.80. The predicted octanol–water partition coefficient (Wildman–Crippen LogP) is 2.23. The Kier molecular flexibility index (Phi) is 8.61. The van der Waals surface area contributed by atoms with Gasteiger partial charge in [-0.1, -0.05) is 49.0 Å². The number of hydrogen-bond donors (Lipinski definition) is 5. The summed E-state index contributed by atoms with van der Waals surface area (Å²) >= 11 is 4.71. The third-order valence-electron chi connectivity index (χ3n) is 4.02. The van der Waals surface area contributed by atoms with Crippen molar-refractivity contribution in [3.8, 4) is 0 Å². The average Bonchev–Trinajstić information content (AvgIpc) is 2.66. The Labute approximate surface area is 170 Å². The Hall–Kier alpha value is -2.74. The summed E-state index contributed by atoms with van der Waals surface area (Å²) < 4.78 is 0. The molecular formula is C21H26N4O2S. The topological polar surface area (TPSA) is 99.4 Å². The van der Waals surface area contributed by atoms with Gasteiger partial charge in [-0.05, 0) is 48.4 Å². The molecule has 148 valence electrons. The molecule has 0 aliphatic rings. The zero-order valence-electron chi connectivity index (χ0n) is 15.7. The van der Waals surface area contributed by atoms with Gasteiger partial charge < -0.3 is 26.8 Å². The highest BCUT2D eigenvalue weighted by Crippen LogP contribution is 2.12. The van der Waals surface area contributed by atoms with Gasteiger partial charge in [-0.25, -0.2) is 0 Å². The molecule has 6 N–H and O–H groups in total. The number of amides is 1. The van der Waals surface area contributed by atoms with Crippen LogP contribution in [0.15, 0.2) is 66.9 Å². The number of rotatable bonds is 10. The van der Waals surface area contributed by atoms with Crippen LogP contribution in [0.3, 0.4) is 0 Å². The number of nitrogens with one attached hydrogen (secondary N) is 3. The summed E-state index contributed by atoms with van der Waals surface area (Å²) in [6, 6.07) is 17.2. The summed E-state index contributed by atoms with van der Waals surface area (Å²) in [5.41, 5.74) is 8.55. The van der Waals surface area contributed by atoms with Crippen molar-refractivity contribution in [3.63, 3.8) is 0 Å². The van der Waals surface area contributed by atoms with Crippen molar-refractivity contribution in [2.24, 2.45) is 5.73 Å². The third kappa shape index (κ3) is 7.87. The summed E-state index contributed by atoms with van der Waals surface area (Å²) in [5.74, 6) is -0.196. The molecule has 2 aromatic carbocycles. The smallest absolute Gasteiger partial charge is 0.230 e. The Morgan fingerprint density at radius 2 is 1.82 bits per heavy atom. The van der Waals surface area contributed by atoms with E-state index in [0.29, 0.717) is 17.9 Å². The van der Waals surface area contributed by atoms with Crippen molar-refractivity contribution in [3.05, 3.63) is 78.0 Å². The van der Waals surface area contributed by atoms with Crippen LogP contribution in [0.4, 0.5) is 5.69 Å². The minimum atomic E-state index is -0.517. The normalized spacial score (nSPS) is 11.5. The van der Waals surface area contributed by atoms with Gasteiger partial charge in [0.05, 0.1) is 12.5 Å². The number of thiocarbonyl (C=S) groups is 1. The van der Waals surface area contributed by atoms with Crippen molar-refractivity contribution < 1.29 is 9.90 Å². The molecule has 0 aliphatic carbocycles. The summed E-state index contributed by atoms with van der Waals surface area (Å²) in [7, 11) is 0. The van der Waals surface area contributed by atoms with Crippen molar-refractivity contribution in [1.82, 2.24) is 10.6 Å². The van der Waals surface area contributed by atoms with E-state index in [1.54, 1.807) is 0 Å². The molecule has 0 saturated heterocycles. The molecule has 0 saturated carbocycles. The third-order valence-corrected chi connectivity index (χ3v) is 4.13. The molecule has 0 radical (unpaired) electrons. The number of aliphatic hydroxyl groups is 1. The SMILES string of the molecule is C=C(CC(=O)Nc1ccc(CCNCC(O)c2ccccc2)cc1)NC(N)=S.